The molecule has 1 aromatic rings. The molecular formula is C25H45NO. The lowest BCUT2D eigenvalue weighted by molar-refractivity contribution is 0.446. The van der Waals surface area contributed by atoms with Gasteiger partial charge in [0.25, 0.3) is 0 Å². The van der Waals surface area contributed by atoms with Gasteiger partial charge in [0, 0.05) is 11.3 Å². The van der Waals surface area contributed by atoms with E-state index in [0.29, 0.717) is 5.75 Å². The molecule has 0 aliphatic heterocycles. The fourth-order valence-electron chi connectivity index (χ4n) is 3.80. The predicted octanol–water partition coefficient (Wildman–Crippen LogP) is 7.91. The molecule has 0 aliphatic rings. The van der Waals surface area contributed by atoms with E-state index in [0.717, 1.165) is 29.7 Å². The summed E-state index contributed by atoms with van der Waals surface area (Å²) in [5.74, 6) is 0.390. The summed E-state index contributed by atoms with van der Waals surface area (Å²) in [6, 6.07) is 3.85. The van der Waals surface area contributed by atoms with Gasteiger partial charge in [-0.15, -0.1) is 0 Å². The van der Waals surface area contributed by atoms with Crippen LogP contribution in [0.1, 0.15) is 122 Å². The minimum absolute atomic E-state index is 0.0771. The minimum atomic E-state index is -0.0771. The van der Waals surface area contributed by atoms with Crippen molar-refractivity contribution in [1.29, 1.82) is 0 Å². The van der Waals surface area contributed by atoms with Crippen LogP contribution in [0.15, 0.2) is 12.1 Å². The molecule has 0 bridgehead atoms. The van der Waals surface area contributed by atoms with Crippen molar-refractivity contribution in [2.45, 2.75) is 123 Å². The summed E-state index contributed by atoms with van der Waals surface area (Å²) < 4.78 is 0. The number of aryl methyl sites for hydroxylation is 1. The highest BCUT2D eigenvalue weighted by Crippen LogP contribution is 2.34. The highest BCUT2D eigenvalue weighted by Gasteiger charge is 2.19. The third-order valence-corrected chi connectivity index (χ3v) is 5.62. The van der Waals surface area contributed by atoms with Gasteiger partial charge in [0.05, 0.1) is 0 Å². The van der Waals surface area contributed by atoms with E-state index in [9.17, 15) is 5.11 Å². The molecule has 0 atom stereocenters. The van der Waals surface area contributed by atoms with Gasteiger partial charge in [-0.1, -0.05) is 105 Å². The Balaban J connectivity index is 2.10. The lowest BCUT2D eigenvalue weighted by Gasteiger charge is -2.22. The van der Waals surface area contributed by atoms with Gasteiger partial charge in [0.1, 0.15) is 5.75 Å². The number of hydrogen-bond acceptors (Lipinski definition) is 2. The average molecular weight is 376 g/mol. The molecule has 0 amide bonds. The van der Waals surface area contributed by atoms with Gasteiger partial charge in [0.2, 0.25) is 0 Å². The van der Waals surface area contributed by atoms with Crippen LogP contribution in [0.25, 0.3) is 0 Å². The lowest BCUT2D eigenvalue weighted by atomic mass is 9.85. The van der Waals surface area contributed by atoms with Gasteiger partial charge in [0.15, 0.2) is 0 Å². The first-order chi connectivity index (χ1) is 12.9. The Morgan fingerprint density at radius 3 is 1.63 bits per heavy atom. The van der Waals surface area contributed by atoms with Gasteiger partial charge in [-0.2, -0.15) is 0 Å². The van der Waals surface area contributed by atoms with Crippen LogP contribution in [-0.2, 0) is 11.8 Å². The highest BCUT2D eigenvalue weighted by molar-refractivity contribution is 5.56. The van der Waals surface area contributed by atoms with Crippen molar-refractivity contribution >= 4 is 5.69 Å². The van der Waals surface area contributed by atoms with E-state index in [1.54, 1.807) is 0 Å². The lowest BCUT2D eigenvalue weighted by Crippen LogP contribution is -2.12. The van der Waals surface area contributed by atoms with E-state index in [2.05, 4.69) is 27.7 Å². The Bertz CT molecular complexity index is 516. The van der Waals surface area contributed by atoms with Crippen LogP contribution in [-0.4, -0.2) is 5.11 Å². The Morgan fingerprint density at radius 2 is 1.19 bits per heavy atom. The fourth-order valence-corrected chi connectivity index (χ4v) is 3.80. The number of unbranched alkanes of at least 4 members (excludes halogenated alkanes) is 12. The largest absolute Gasteiger partial charge is 0.508 e. The number of benzene rings is 1. The van der Waals surface area contributed by atoms with E-state index in [-0.39, 0.29) is 5.41 Å². The van der Waals surface area contributed by atoms with Crippen molar-refractivity contribution < 1.29 is 5.11 Å². The summed E-state index contributed by atoms with van der Waals surface area (Å²) >= 11 is 0. The Kier molecular flexibility index (Phi) is 11.6. The predicted molar refractivity (Wildman–Crippen MR) is 121 cm³/mol. The van der Waals surface area contributed by atoms with Crippen LogP contribution in [0.4, 0.5) is 5.69 Å². The Hall–Kier alpha value is -1.18. The van der Waals surface area contributed by atoms with E-state index in [1.165, 1.54) is 77.0 Å². The van der Waals surface area contributed by atoms with Crippen LogP contribution in [0.3, 0.4) is 0 Å². The first-order valence-electron chi connectivity index (χ1n) is 11.5. The summed E-state index contributed by atoms with van der Waals surface area (Å²) in [6.07, 6.45) is 18.8. The molecule has 0 saturated heterocycles. The normalized spacial score (nSPS) is 11.9. The molecule has 156 valence electrons. The zero-order valence-corrected chi connectivity index (χ0v) is 18.6. The summed E-state index contributed by atoms with van der Waals surface area (Å²) in [6.45, 7) is 8.59. The number of nitrogen functional groups attached to an aromatic ring is 1. The molecule has 0 unspecified atom stereocenters. The first-order valence-corrected chi connectivity index (χ1v) is 11.5. The molecule has 0 aliphatic carbocycles. The Labute approximate surface area is 168 Å². The monoisotopic (exact) mass is 375 g/mol. The van der Waals surface area contributed by atoms with Crippen molar-refractivity contribution in [2.24, 2.45) is 0 Å². The van der Waals surface area contributed by atoms with E-state index < -0.39 is 0 Å². The maximum Gasteiger partial charge on any atom is 0.119 e. The molecule has 0 aromatic heterocycles. The standard InChI is InChI=1S/C25H45NO/c1-5-6-7-8-9-10-11-12-13-14-15-16-17-18-21-19-24(27)22(20-23(21)26)25(2,3)4/h19-20,27H,5-18,26H2,1-4H3. The van der Waals surface area contributed by atoms with Gasteiger partial charge in [-0.3, -0.25) is 0 Å². The molecule has 0 radical (unpaired) electrons. The molecule has 1 rings (SSSR count). The number of nitrogens with two attached hydrogens (primary N) is 1. The number of hydrogen-bond donors (Lipinski definition) is 2. The molecule has 0 fully saturated rings. The summed E-state index contributed by atoms with van der Waals surface area (Å²) in [5, 5.41) is 10.3. The van der Waals surface area contributed by atoms with Crippen molar-refractivity contribution in [3.63, 3.8) is 0 Å². The number of phenols is 1. The van der Waals surface area contributed by atoms with Crippen LogP contribution >= 0.6 is 0 Å². The quantitative estimate of drug-likeness (QED) is 0.197. The van der Waals surface area contributed by atoms with E-state index >= 15 is 0 Å². The maximum atomic E-state index is 10.3. The van der Waals surface area contributed by atoms with Gasteiger partial charge >= 0.3 is 0 Å². The first kappa shape index (κ1) is 23.9. The smallest absolute Gasteiger partial charge is 0.119 e. The SMILES string of the molecule is CCCCCCCCCCCCCCCc1cc(O)c(C(C)(C)C)cc1N. The molecule has 0 spiro atoms. The summed E-state index contributed by atoms with van der Waals surface area (Å²) in [4.78, 5) is 0. The second-order valence-corrected chi connectivity index (χ2v) is 9.31. The van der Waals surface area contributed by atoms with Crippen LogP contribution in [0.5, 0.6) is 5.75 Å². The average Bonchev–Trinajstić information content (AvgIpc) is 2.60. The molecule has 0 saturated carbocycles. The highest BCUT2D eigenvalue weighted by atomic mass is 16.3. The van der Waals surface area contributed by atoms with Crippen LogP contribution < -0.4 is 5.73 Å². The molecule has 1 aromatic carbocycles. The molecule has 0 heterocycles. The van der Waals surface area contributed by atoms with E-state index in [4.69, 9.17) is 5.73 Å². The van der Waals surface area contributed by atoms with Crippen molar-refractivity contribution in [3.05, 3.63) is 23.3 Å². The minimum Gasteiger partial charge on any atom is -0.508 e. The van der Waals surface area contributed by atoms with Crippen molar-refractivity contribution in [3.8, 4) is 5.75 Å². The van der Waals surface area contributed by atoms with E-state index in [1.807, 2.05) is 12.1 Å². The zero-order chi connectivity index (χ0) is 20.1. The zero-order valence-electron chi connectivity index (χ0n) is 18.6. The topological polar surface area (TPSA) is 46.2 Å². The number of phenolic OH excluding ortho intramolecular Hbond substituents is 1. The molecule has 3 N–H and O–H groups in total. The number of rotatable bonds is 14. The molecule has 2 heteroatoms. The molecule has 27 heavy (non-hydrogen) atoms. The van der Waals surface area contributed by atoms with Crippen molar-refractivity contribution in [2.75, 3.05) is 5.73 Å². The maximum absolute atomic E-state index is 10.3. The van der Waals surface area contributed by atoms with Crippen molar-refractivity contribution in [1.82, 2.24) is 0 Å². The molecular weight excluding hydrogens is 330 g/mol. The number of anilines is 1. The van der Waals surface area contributed by atoms with Crippen LogP contribution in [0.2, 0.25) is 0 Å². The Morgan fingerprint density at radius 1 is 0.741 bits per heavy atom. The summed E-state index contributed by atoms with van der Waals surface area (Å²) in [5.41, 5.74) is 9.02. The third kappa shape index (κ3) is 10.1. The second kappa shape index (κ2) is 13.1. The number of aromatic hydroxyl groups is 1. The van der Waals surface area contributed by atoms with Crippen LogP contribution in [0, 0.1) is 0 Å². The molecule has 2 nitrogen and oxygen atoms in total. The third-order valence-electron chi connectivity index (χ3n) is 5.62. The summed E-state index contributed by atoms with van der Waals surface area (Å²) in [7, 11) is 0. The van der Waals surface area contributed by atoms with Gasteiger partial charge in [-0.05, 0) is 36.0 Å². The second-order valence-electron chi connectivity index (χ2n) is 9.31. The van der Waals surface area contributed by atoms with Gasteiger partial charge in [-0.25, -0.2) is 0 Å². The fraction of sp³-hybridized carbons (Fsp3) is 0.760. The van der Waals surface area contributed by atoms with Gasteiger partial charge < -0.3 is 10.8 Å².